The van der Waals surface area contributed by atoms with Crippen molar-refractivity contribution < 1.29 is 26.5 Å². The average molecular weight is 269 g/mol. The Morgan fingerprint density at radius 1 is 1.53 bits per heavy atom. The van der Waals surface area contributed by atoms with Crippen LogP contribution in [0.2, 0.25) is 0 Å². The Hall–Kier alpha value is -0.890. The quantitative estimate of drug-likeness (QED) is 0.715. The van der Waals surface area contributed by atoms with Gasteiger partial charge in [-0.15, -0.1) is 0 Å². The molecule has 1 aliphatic rings. The molecule has 1 saturated heterocycles. The zero-order chi connectivity index (χ0) is 13.4. The first-order chi connectivity index (χ1) is 7.54. The summed E-state index contributed by atoms with van der Waals surface area (Å²) in [5.41, 5.74) is -0.862. The van der Waals surface area contributed by atoms with Crippen molar-refractivity contribution >= 4 is 16.4 Å². The van der Waals surface area contributed by atoms with E-state index in [1.54, 1.807) is 20.8 Å². The first-order valence-corrected chi connectivity index (χ1v) is 6.47. The summed E-state index contributed by atoms with van der Waals surface area (Å²) in [4.78, 5) is 11.7. The van der Waals surface area contributed by atoms with Gasteiger partial charge in [-0.25, -0.2) is 9.18 Å². The molecule has 0 aliphatic carbocycles. The lowest BCUT2D eigenvalue weighted by molar-refractivity contribution is 0.0308. The molecule has 0 saturated carbocycles. The van der Waals surface area contributed by atoms with E-state index >= 15 is 0 Å². The SMILES string of the molecule is CC(F)[C@@H]1COS(=O)(=O)N1C(=O)OC(C)(C)C. The van der Waals surface area contributed by atoms with E-state index in [1.165, 1.54) is 0 Å². The van der Waals surface area contributed by atoms with Crippen LogP contribution in [0.3, 0.4) is 0 Å². The number of hydrogen-bond donors (Lipinski definition) is 0. The number of rotatable bonds is 1. The van der Waals surface area contributed by atoms with Gasteiger partial charge in [-0.3, -0.25) is 4.18 Å². The summed E-state index contributed by atoms with van der Waals surface area (Å²) in [6.45, 7) is 5.53. The van der Waals surface area contributed by atoms with Crippen LogP contribution >= 0.6 is 0 Å². The van der Waals surface area contributed by atoms with Crippen molar-refractivity contribution in [3.8, 4) is 0 Å². The van der Waals surface area contributed by atoms with Crippen molar-refractivity contribution in [2.45, 2.75) is 45.5 Å². The number of ether oxygens (including phenoxy) is 1. The minimum Gasteiger partial charge on any atom is -0.443 e. The summed E-state index contributed by atoms with van der Waals surface area (Å²) >= 11 is 0. The summed E-state index contributed by atoms with van der Waals surface area (Å²) in [5, 5.41) is 0. The molecule has 6 nitrogen and oxygen atoms in total. The molecule has 0 aromatic rings. The lowest BCUT2D eigenvalue weighted by atomic mass is 10.2. The van der Waals surface area contributed by atoms with Gasteiger partial charge in [0.15, 0.2) is 0 Å². The second-order valence-corrected chi connectivity index (χ2v) is 6.25. The van der Waals surface area contributed by atoms with Gasteiger partial charge in [0.1, 0.15) is 17.8 Å². The molecule has 0 bridgehead atoms. The van der Waals surface area contributed by atoms with E-state index in [9.17, 15) is 17.6 Å². The number of carbonyl (C=O) groups excluding carboxylic acids is 1. The molecule has 1 fully saturated rings. The summed E-state index contributed by atoms with van der Waals surface area (Å²) in [6, 6.07) is -1.17. The molecule has 0 aromatic heterocycles. The van der Waals surface area contributed by atoms with Gasteiger partial charge in [-0.2, -0.15) is 12.7 Å². The van der Waals surface area contributed by atoms with Crippen LogP contribution in [0, 0.1) is 0 Å². The maximum absolute atomic E-state index is 13.2. The molecule has 100 valence electrons. The maximum Gasteiger partial charge on any atom is 0.426 e. The van der Waals surface area contributed by atoms with Gasteiger partial charge in [0.25, 0.3) is 0 Å². The second-order valence-electron chi connectivity index (χ2n) is 4.76. The molecule has 0 radical (unpaired) electrons. The van der Waals surface area contributed by atoms with Crippen molar-refractivity contribution in [1.82, 2.24) is 4.31 Å². The molecule has 1 unspecified atom stereocenters. The van der Waals surface area contributed by atoms with E-state index in [4.69, 9.17) is 4.74 Å². The van der Waals surface area contributed by atoms with Crippen molar-refractivity contribution in [2.75, 3.05) is 6.61 Å². The van der Waals surface area contributed by atoms with E-state index in [0.717, 1.165) is 6.92 Å². The zero-order valence-electron chi connectivity index (χ0n) is 10.1. The normalized spacial score (nSPS) is 25.7. The van der Waals surface area contributed by atoms with Crippen molar-refractivity contribution in [2.24, 2.45) is 0 Å². The Labute approximate surface area is 99.9 Å². The number of hydrogen-bond acceptors (Lipinski definition) is 5. The molecule has 2 atom stereocenters. The fourth-order valence-electron chi connectivity index (χ4n) is 1.30. The van der Waals surface area contributed by atoms with Gasteiger partial charge in [-0.05, 0) is 27.7 Å². The Morgan fingerprint density at radius 3 is 2.47 bits per heavy atom. The largest absolute Gasteiger partial charge is 0.443 e. The highest BCUT2D eigenvalue weighted by Gasteiger charge is 2.47. The van der Waals surface area contributed by atoms with Crippen LogP contribution in [0.5, 0.6) is 0 Å². The molecule has 0 N–H and O–H groups in total. The van der Waals surface area contributed by atoms with Gasteiger partial charge in [0, 0.05) is 0 Å². The number of amides is 1. The molecule has 17 heavy (non-hydrogen) atoms. The van der Waals surface area contributed by atoms with Gasteiger partial charge in [0.2, 0.25) is 0 Å². The highest BCUT2D eigenvalue weighted by atomic mass is 32.2. The Morgan fingerprint density at radius 2 is 2.06 bits per heavy atom. The number of carbonyl (C=O) groups is 1. The predicted octanol–water partition coefficient (Wildman–Crippen LogP) is 1.23. The standard InChI is InChI=1S/C9H16FNO5S/c1-6(10)7-5-15-17(13,14)11(7)8(12)16-9(2,3)4/h6-7H,5H2,1-4H3/t6?,7-/m0/s1. The first-order valence-electron chi connectivity index (χ1n) is 5.10. The van der Waals surface area contributed by atoms with Crippen LogP contribution in [-0.4, -0.2) is 43.2 Å². The van der Waals surface area contributed by atoms with Gasteiger partial charge >= 0.3 is 16.4 Å². The fourth-order valence-corrected chi connectivity index (χ4v) is 2.50. The summed E-state index contributed by atoms with van der Waals surface area (Å²) in [7, 11) is -4.23. The summed E-state index contributed by atoms with van der Waals surface area (Å²) in [5.74, 6) is 0. The highest BCUT2D eigenvalue weighted by molar-refractivity contribution is 7.85. The molecule has 0 aromatic carbocycles. The number of halogens is 1. The Bertz CT molecular complexity index is 400. The third-order valence-corrected chi connectivity index (χ3v) is 3.37. The van der Waals surface area contributed by atoms with Crippen molar-refractivity contribution in [3.63, 3.8) is 0 Å². The zero-order valence-corrected chi connectivity index (χ0v) is 11.0. The van der Waals surface area contributed by atoms with E-state index in [1.807, 2.05) is 0 Å². The minimum atomic E-state index is -4.23. The van der Waals surface area contributed by atoms with E-state index in [0.29, 0.717) is 4.31 Å². The topological polar surface area (TPSA) is 72.9 Å². The molecule has 1 rings (SSSR count). The Kier molecular flexibility index (Phi) is 3.68. The van der Waals surface area contributed by atoms with Gasteiger partial charge in [-0.1, -0.05) is 0 Å². The lowest BCUT2D eigenvalue weighted by Crippen LogP contribution is -2.45. The molecular formula is C9H16FNO5S. The highest BCUT2D eigenvalue weighted by Crippen LogP contribution is 2.25. The smallest absolute Gasteiger partial charge is 0.426 e. The fraction of sp³-hybridized carbons (Fsp3) is 0.889. The molecule has 1 aliphatic heterocycles. The van der Waals surface area contributed by atoms with Crippen LogP contribution < -0.4 is 0 Å². The van der Waals surface area contributed by atoms with Gasteiger partial charge in [0.05, 0.1) is 6.61 Å². The monoisotopic (exact) mass is 269 g/mol. The third-order valence-electron chi connectivity index (χ3n) is 2.03. The van der Waals surface area contributed by atoms with E-state index in [2.05, 4.69) is 4.18 Å². The molecular weight excluding hydrogens is 253 g/mol. The lowest BCUT2D eigenvalue weighted by Gasteiger charge is -2.26. The molecule has 1 heterocycles. The summed E-state index contributed by atoms with van der Waals surface area (Å²) < 4.78 is 45.7. The average Bonchev–Trinajstić information content (AvgIpc) is 2.37. The molecule has 0 spiro atoms. The van der Waals surface area contributed by atoms with Gasteiger partial charge < -0.3 is 4.74 Å². The minimum absolute atomic E-state index is 0.322. The van der Waals surface area contributed by atoms with Crippen molar-refractivity contribution in [1.29, 1.82) is 0 Å². The summed E-state index contributed by atoms with van der Waals surface area (Å²) in [6.07, 6.45) is -2.65. The van der Waals surface area contributed by atoms with E-state index in [-0.39, 0.29) is 6.61 Å². The first kappa shape index (κ1) is 14.2. The van der Waals surface area contributed by atoms with Crippen LogP contribution in [0.4, 0.5) is 9.18 Å². The van der Waals surface area contributed by atoms with Crippen LogP contribution in [0.1, 0.15) is 27.7 Å². The van der Waals surface area contributed by atoms with Crippen LogP contribution in [0.15, 0.2) is 0 Å². The predicted molar refractivity (Wildman–Crippen MR) is 57.3 cm³/mol. The number of nitrogens with zero attached hydrogens (tertiary/aromatic N) is 1. The molecule has 1 amide bonds. The number of alkyl halides is 1. The van der Waals surface area contributed by atoms with Crippen molar-refractivity contribution in [3.05, 3.63) is 0 Å². The van der Waals surface area contributed by atoms with Crippen LogP contribution in [0.25, 0.3) is 0 Å². The van der Waals surface area contributed by atoms with Crippen LogP contribution in [-0.2, 0) is 19.2 Å². The molecule has 8 heteroatoms. The maximum atomic E-state index is 13.2. The second kappa shape index (κ2) is 4.41. The Balaban J connectivity index is 2.95. The van der Waals surface area contributed by atoms with E-state index < -0.39 is 34.2 Å². The third kappa shape index (κ3) is 3.29.